The molecule has 0 spiro atoms. The fraction of sp³-hybridized carbons (Fsp3) is 0.481. The van der Waals surface area contributed by atoms with Gasteiger partial charge < -0.3 is 10.2 Å². The van der Waals surface area contributed by atoms with E-state index in [2.05, 4.69) is 5.32 Å². The van der Waals surface area contributed by atoms with Crippen molar-refractivity contribution in [3.63, 3.8) is 0 Å². The Hall–Kier alpha value is -3.08. The van der Waals surface area contributed by atoms with E-state index >= 15 is 0 Å². The minimum absolute atomic E-state index is 0.0484. The molecule has 0 bridgehead atoms. The van der Waals surface area contributed by atoms with Crippen LogP contribution < -0.4 is 9.62 Å². The van der Waals surface area contributed by atoms with Gasteiger partial charge in [0.25, 0.3) is 0 Å². The zero-order valence-corrected chi connectivity index (χ0v) is 23.2. The number of alkyl halides is 3. The Morgan fingerprint density at radius 2 is 1.68 bits per heavy atom. The van der Waals surface area contributed by atoms with Crippen molar-refractivity contribution in [3.05, 3.63) is 65.2 Å². The first-order valence-corrected chi connectivity index (χ1v) is 14.2. The van der Waals surface area contributed by atoms with Crippen LogP contribution in [0, 0.1) is 12.8 Å². The summed E-state index contributed by atoms with van der Waals surface area (Å²) < 4.78 is 65.2. The highest BCUT2D eigenvalue weighted by Crippen LogP contribution is 2.32. The standard InChI is InChI=1S/C27H36F3N3O4S/c1-19(2)17-31-26(35)21(4)32(18-22-11-7-6-10-20(22)3)25(34)14-9-15-33(38(5,36)37)24-13-8-12-23(16-24)27(28,29)30/h6-8,10-13,16,19,21H,9,14-15,17-18H2,1-5H3,(H,31,35)/t21-/m0/s1. The molecule has 0 fully saturated rings. The molecule has 2 aromatic carbocycles. The molecule has 0 aliphatic carbocycles. The highest BCUT2D eigenvalue weighted by Gasteiger charge is 2.32. The number of aryl methyl sites for hydroxylation is 1. The third-order valence-corrected chi connectivity index (χ3v) is 7.26. The van der Waals surface area contributed by atoms with E-state index in [0.29, 0.717) is 6.54 Å². The highest BCUT2D eigenvalue weighted by atomic mass is 32.2. The minimum Gasteiger partial charge on any atom is -0.354 e. The summed E-state index contributed by atoms with van der Waals surface area (Å²) in [6, 6.07) is 10.8. The second-order valence-corrected chi connectivity index (χ2v) is 11.7. The lowest BCUT2D eigenvalue weighted by Gasteiger charge is -2.30. The van der Waals surface area contributed by atoms with Crippen molar-refractivity contribution < 1.29 is 31.2 Å². The molecule has 38 heavy (non-hydrogen) atoms. The van der Waals surface area contributed by atoms with Crippen molar-refractivity contribution in [1.82, 2.24) is 10.2 Å². The summed E-state index contributed by atoms with van der Waals surface area (Å²) in [6.07, 6.45) is -3.77. The van der Waals surface area contributed by atoms with Crippen molar-refractivity contribution >= 4 is 27.5 Å². The van der Waals surface area contributed by atoms with Crippen LogP contribution >= 0.6 is 0 Å². The molecule has 0 radical (unpaired) electrons. The first kappa shape index (κ1) is 31.1. The van der Waals surface area contributed by atoms with Gasteiger partial charge in [-0.25, -0.2) is 8.42 Å². The largest absolute Gasteiger partial charge is 0.416 e. The number of carbonyl (C=O) groups excluding carboxylic acids is 2. The van der Waals surface area contributed by atoms with Crippen molar-refractivity contribution in [3.8, 4) is 0 Å². The number of carbonyl (C=O) groups is 2. The minimum atomic E-state index is -4.63. The topological polar surface area (TPSA) is 86.8 Å². The predicted molar refractivity (Wildman–Crippen MR) is 142 cm³/mol. The van der Waals surface area contributed by atoms with Crippen molar-refractivity contribution in [1.29, 1.82) is 0 Å². The van der Waals surface area contributed by atoms with Gasteiger partial charge in [-0.15, -0.1) is 0 Å². The summed E-state index contributed by atoms with van der Waals surface area (Å²) in [5.41, 5.74) is 0.720. The van der Waals surface area contributed by atoms with Crippen LogP contribution in [0.1, 0.15) is 50.3 Å². The van der Waals surface area contributed by atoms with E-state index < -0.39 is 27.8 Å². The highest BCUT2D eigenvalue weighted by molar-refractivity contribution is 7.92. The average molecular weight is 556 g/mol. The summed E-state index contributed by atoms with van der Waals surface area (Å²) in [5.74, 6) is -0.440. The smallest absolute Gasteiger partial charge is 0.354 e. The lowest BCUT2D eigenvalue weighted by Crippen LogP contribution is -2.48. The molecule has 0 aromatic heterocycles. The number of nitrogens with one attached hydrogen (secondary N) is 1. The second-order valence-electron chi connectivity index (χ2n) is 9.75. The molecule has 0 aliphatic heterocycles. The third-order valence-electron chi connectivity index (χ3n) is 6.07. The van der Waals surface area contributed by atoms with Crippen LogP contribution in [-0.4, -0.2) is 50.5 Å². The summed E-state index contributed by atoms with van der Waals surface area (Å²) in [7, 11) is -3.92. The molecular weight excluding hydrogens is 519 g/mol. The molecule has 210 valence electrons. The van der Waals surface area contributed by atoms with Crippen LogP contribution in [0.5, 0.6) is 0 Å². The van der Waals surface area contributed by atoms with Gasteiger partial charge in [0.05, 0.1) is 17.5 Å². The fourth-order valence-corrected chi connectivity index (χ4v) is 4.80. The van der Waals surface area contributed by atoms with E-state index in [4.69, 9.17) is 0 Å². The Kier molecular flexibility index (Phi) is 10.8. The van der Waals surface area contributed by atoms with Gasteiger partial charge in [0.2, 0.25) is 21.8 Å². The van der Waals surface area contributed by atoms with E-state index in [1.165, 1.54) is 11.0 Å². The lowest BCUT2D eigenvalue weighted by molar-refractivity contribution is -0.140. The monoisotopic (exact) mass is 555 g/mol. The number of hydrogen-bond acceptors (Lipinski definition) is 4. The number of rotatable bonds is 12. The molecule has 0 saturated heterocycles. The summed E-state index contributed by atoms with van der Waals surface area (Å²) in [6.45, 7) is 7.90. The van der Waals surface area contributed by atoms with Gasteiger partial charge in [-0.05, 0) is 55.5 Å². The fourth-order valence-electron chi connectivity index (χ4n) is 3.85. The molecule has 1 N–H and O–H groups in total. The van der Waals surface area contributed by atoms with Crippen molar-refractivity contribution in [2.45, 2.75) is 59.3 Å². The van der Waals surface area contributed by atoms with Gasteiger partial charge in [0, 0.05) is 26.1 Å². The molecule has 0 unspecified atom stereocenters. The molecule has 0 heterocycles. The van der Waals surface area contributed by atoms with E-state index in [0.717, 1.165) is 39.9 Å². The van der Waals surface area contributed by atoms with Crippen LogP contribution in [0.25, 0.3) is 0 Å². The zero-order valence-electron chi connectivity index (χ0n) is 22.4. The number of halogens is 3. The molecule has 0 saturated carbocycles. The molecule has 0 aliphatic rings. The summed E-state index contributed by atoms with van der Waals surface area (Å²) >= 11 is 0. The number of amides is 2. The number of anilines is 1. The van der Waals surface area contributed by atoms with E-state index in [1.807, 2.05) is 45.0 Å². The average Bonchev–Trinajstić information content (AvgIpc) is 2.82. The van der Waals surface area contributed by atoms with Crippen molar-refractivity contribution in [2.24, 2.45) is 5.92 Å². The van der Waals surface area contributed by atoms with Gasteiger partial charge in [-0.2, -0.15) is 13.2 Å². The van der Waals surface area contributed by atoms with Gasteiger partial charge in [-0.1, -0.05) is 44.2 Å². The second kappa shape index (κ2) is 13.1. The Morgan fingerprint density at radius 3 is 2.26 bits per heavy atom. The summed E-state index contributed by atoms with van der Waals surface area (Å²) in [5, 5.41) is 2.84. The van der Waals surface area contributed by atoms with Crippen LogP contribution in [0.3, 0.4) is 0 Å². The molecule has 7 nitrogen and oxygen atoms in total. The molecule has 2 aromatic rings. The molecule has 11 heteroatoms. The first-order chi connectivity index (χ1) is 17.6. The Morgan fingerprint density at radius 1 is 1.03 bits per heavy atom. The number of hydrogen-bond donors (Lipinski definition) is 1. The quantitative estimate of drug-likeness (QED) is 0.410. The van der Waals surface area contributed by atoms with Crippen LogP contribution in [0.2, 0.25) is 0 Å². The maximum atomic E-state index is 13.3. The van der Waals surface area contributed by atoms with E-state index in [9.17, 15) is 31.2 Å². The van der Waals surface area contributed by atoms with Crippen LogP contribution in [0.15, 0.2) is 48.5 Å². The van der Waals surface area contributed by atoms with E-state index in [1.54, 1.807) is 6.92 Å². The van der Waals surface area contributed by atoms with Gasteiger partial charge in [0.1, 0.15) is 6.04 Å². The normalized spacial score (nSPS) is 12.8. The Labute approximate surface area is 223 Å². The van der Waals surface area contributed by atoms with Crippen molar-refractivity contribution in [2.75, 3.05) is 23.7 Å². The van der Waals surface area contributed by atoms with Gasteiger partial charge >= 0.3 is 6.18 Å². The molecule has 2 amide bonds. The maximum Gasteiger partial charge on any atom is 0.416 e. The maximum absolute atomic E-state index is 13.3. The van der Waals surface area contributed by atoms with Crippen LogP contribution in [-0.2, 0) is 32.3 Å². The molecular formula is C27H36F3N3O4S. The zero-order chi connectivity index (χ0) is 28.7. The lowest BCUT2D eigenvalue weighted by atomic mass is 10.1. The first-order valence-electron chi connectivity index (χ1n) is 12.4. The summed E-state index contributed by atoms with van der Waals surface area (Å²) in [4.78, 5) is 27.6. The Bertz CT molecular complexity index is 1220. The number of sulfonamides is 1. The van der Waals surface area contributed by atoms with Gasteiger partial charge in [-0.3, -0.25) is 13.9 Å². The predicted octanol–water partition coefficient (Wildman–Crippen LogP) is 4.75. The third kappa shape index (κ3) is 9.04. The number of nitrogens with zero attached hydrogens (tertiary/aromatic N) is 2. The Balaban J connectivity index is 2.22. The SMILES string of the molecule is Cc1ccccc1CN(C(=O)CCCN(c1cccc(C(F)(F)F)c1)S(C)(=O)=O)[C@@H](C)C(=O)NCC(C)C. The van der Waals surface area contributed by atoms with Gasteiger partial charge in [0.15, 0.2) is 0 Å². The van der Waals surface area contributed by atoms with Crippen LogP contribution in [0.4, 0.5) is 18.9 Å². The molecule has 1 atom stereocenters. The number of benzene rings is 2. The molecule has 2 rings (SSSR count). The van der Waals surface area contributed by atoms with E-state index in [-0.39, 0.29) is 49.4 Å².